The first-order valence-corrected chi connectivity index (χ1v) is 7.07. The Labute approximate surface area is 112 Å². The number of rotatable bonds is 4. The van der Waals surface area contributed by atoms with Gasteiger partial charge in [-0.25, -0.2) is 0 Å². The zero-order chi connectivity index (χ0) is 13.0. The molecule has 0 aromatic heterocycles. The van der Waals surface area contributed by atoms with Gasteiger partial charge in [0.05, 0.1) is 12.1 Å². The lowest BCUT2D eigenvalue weighted by Crippen LogP contribution is -2.19. The van der Waals surface area contributed by atoms with Crippen LogP contribution in [0, 0.1) is 0 Å². The van der Waals surface area contributed by atoms with Gasteiger partial charge in [-0.05, 0) is 29.5 Å². The van der Waals surface area contributed by atoms with Gasteiger partial charge in [0.25, 0.3) is 0 Å². The first-order chi connectivity index (χ1) is 8.72. The van der Waals surface area contributed by atoms with Crippen LogP contribution in [0.4, 0.5) is 0 Å². The van der Waals surface area contributed by atoms with E-state index in [9.17, 15) is 5.11 Å². The highest BCUT2D eigenvalue weighted by molar-refractivity contribution is 7.98. The van der Waals surface area contributed by atoms with Crippen LogP contribution in [0.5, 0.6) is 0 Å². The quantitative estimate of drug-likeness (QED) is 0.829. The summed E-state index contributed by atoms with van der Waals surface area (Å²) < 4.78 is 0. The minimum atomic E-state index is -0.677. The van der Waals surface area contributed by atoms with Gasteiger partial charge >= 0.3 is 0 Å². The molecule has 94 valence electrons. The van der Waals surface area contributed by atoms with E-state index < -0.39 is 12.1 Å². The SMILES string of the molecule is CSc1ccc(C(O)C(N)c2ccccc2)cc1. The fourth-order valence-corrected chi connectivity index (χ4v) is 2.27. The second-order valence-electron chi connectivity index (χ2n) is 4.15. The number of nitrogens with two attached hydrogens (primary N) is 1. The van der Waals surface area contributed by atoms with Gasteiger partial charge in [-0.3, -0.25) is 0 Å². The molecule has 2 atom stereocenters. The molecule has 2 unspecified atom stereocenters. The van der Waals surface area contributed by atoms with Gasteiger partial charge in [0, 0.05) is 4.90 Å². The lowest BCUT2D eigenvalue weighted by atomic mass is 9.97. The summed E-state index contributed by atoms with van der Waals surface area (Å²) in [6, 6.07) is 17.1. The zero-order valence-electron chi connectivity index (χ0n) is 10.3. The van der Waals surface area contributed by atoms with E-state index in [-0.39, 0.29) is 0 Å². The summed E-state index contributed by atoms with van der Waals surface area (Å²) in [5.41, 5.74) is 7.88. The number of aliphatic hydroxyl groups excluding tert-OH is 1. The first-order valence-electron chi connectivity index (χ1n) is 5.85. The average molecular weight is 259 g/mol. The third kappa shape index (κ3) is 2.93. The van der Waals surface area contributed by atoms with Crippen LogP contribution in [0.2, 0.25) is 0 Å². The van der Waals surface area contributed by atoms with Crippen molar-refractivity contribution in [2.24, 2.45) is 5.73 Å². The maximum atomic E-state index is 10.3. The number of thioether (sulfide) groups is 1. The Morgan fingerprint density at radius 3 is 2.11 bits per heavy atom. The summed E-state index contributed by atoms with van der Waals surface area (Å²) >= 11 is 1.68. The van der Waals surface area contributed by atoms with Crippen LogP contribution in [0.3, 0.4) is 0 Å². The minimum absolute atomic E-state index is 0.397. The largest absolute Gasteiger partial charge is 0.386 e. The molecule has 0 spiro atoms. The molecule has 0 amide bonds. The molecule has 2 rings (SSSR count). The number of hydrogen-bond donors (Lipinski definition) is 2. The lowest BCUT2D eigenvalue weighted by Gasteiger charge is -2.19. The molecule has 3 N–H and O–H groups in total. The normalized spacial score (nSPS) is 14.2. The summed E-state index contributed by atoms with van der Waals surface area (Å²) in [6.07, 6.45) is 1.35. The van der Waals surface area contributed by atoms with Crippen LogP contribution in [0.15, 0.2) is 59.5 Å². The molecule has 0 heterocycles. The van der Waals surface area contributed by atoms with Gasteiger partial charge in [-0.15, -0.1) is 11.8 Å². The molecule has 18 heavy (non-hydrogen) atoms. The van der Waals surface area contributed by atoms with Crippen LogP contribution in [-0.2, 0) is 0 Å². The molecule has 2 nitrogen and oxygen atoms in total. The van der Waals surface area contributed by atoms with Crippen molar-refractivity contribution in [3.63, 3.8) is 0 Å². The Kier molecular flexibility index (Phi) is 4.42. The van der Waals surface area contributed by atoms with Gasteiger partial charge < -0.3 is 10.8 Å². The van der Waals surface area contributed by atoms with Crippen LogP contribution in [0.1, 0.15) is 23.3 Å². The zero-order valence-corrected chi connectivity index (χ0v) is 11.1. The number of aliphatic hydroxyl groups is 1. The van der Waals surface area contributed by atoms with E-state index in [0.29, 0.717) is 0 Å². The molecule has 0 aliphatic rings. The van der Waals surface area contributed by atoms with Crippen molar-refractivity contribution in [2.45, 2.75) is 17.0 Å². The number of benzene rings is 2. The van der Waals surface area contributed by atoms with Crippen molar-refractivity contribution in [1.29, 1.82) is 0 Å². The van der Waals surface area contributed by atoms with E-state index >= 15 is 0 Å². The fourth-order valence-electron chi connectivity index (χ4n) is 1.87. The van der Waals surface area contributed by atoms with Gasteiger partial charge in [0.2, 0.25) is 0 Å². The van der Waals surface area contributed by atoms with Crippen LogP contribution in [0.25, 0.3) is 0 Å². The smallest absolute Gasteiger partial charge is 0.0982 e. The van der Waals surface area contributed by atoms with Crippen molar-refractivity contribution in [2.75, 3.05) is 6.26 Å². The van der Waals surface area contributed by atoms with E-state index in [2.05, 4.69) is 0 Å². The van der Waals surface area contributed by atoms with Crippen LogP contribution in [-0.4, -0.2) is 11.4 Å². The molecule has 0 bridgehead atoms. The van der Waals surface area contributed by atoms with Crippen molar-refractivity contribution in [3.8, 4) is 0 Å². The predicted octanol–water partition coefficient (Wildman–Crippen LogP) is 3.14. The topological polar surface area (TPSA) is 46.2 Å². The molecule has 0 aliphatic heterocycles. The summed E-state index contributed by atoms with van der Waals surface area (Å²) in [5, 5.41) is 10.3. The molecule has 3 heteroatoms. The fraction of sp³-hybridized carbons (Fsp3) is 0.200. The van der Waals surface area contributed by atoms with Crippen molar-refractivity contribution < 1.29 is 5.11 Å². The Bertz CT molecular complexity index is 484. The standard InChI is InChI=1S/C15H17NOS/c1-18-13-9-7-12(8-10-13)15(17)14(16)11-5-3-2-4-6-11/h2-10,14-15,17H,16H2,1H3. The van der Waals surface area contributed by atoms with Crippen molar-refractivity contribution >= 4 is 11.8 Å². The third-order valence-electron chi connectivity index (χ3n) is 2.98. The second kappa shape index (κ2) is 6.05. The maximum Gasteiger partial charge on any atom is 0.0982 e. The molecule has 0 radical (unpaired) electrons. The van der Waals surface area contributed by atoms with Gasteiger partial charge in [-0.1, -0.05) is 42.5 Å². The monoisotopic (exact) mass is 259 g/mol. The van der Waals surface area contributed by atoms with Crippen LogP contribution < -0.4 is 5.73 Å². The molecule has 0 fully saturated rings. The first kappa shape index (κ1) is 13.1. The Morgan fingerprint density at radius 2 is 1.56 bits per heavy atom. The summed E-state index contributed by atoms with van der Waals surface area (Å²) in [7, 11) is 0. The van der Waals surface area contributed by atoms with Crippen molar-refractivity contribution in [1.82, 2.24) is 0 Å². The summed E-state index contributed by atoms with van der Waals surface area (Å²) in [6.45, 7) is 0. The molecular formula is C15H17NOS. The van der Waals surface area contributed by atoms with Gasteiger partial charge in [0.1, 0.15) is 0 Å². The minimum Gasteiger partial charge on any atom is -0.386 e. The molecular weight excluding hydrogens is 242 g/mol. The van der Waals surface area contributed by atoms with E-state index in [1.165, 1.54) is 4.90 Å². The van der Waals surface area contributed by atoms with E-state index in [4.69, 9.17) is 5.73 Å². The lowest BCUT2D eigenvalue weighted by molar-refractivity contribution is 0.147. The highest BCUT2D eigenvalue weighted by Crippen LogP contribution is 2.27. The summed E-state index contributed by atoms with van der Waals surface area (Å²) in [4.78, 5) is 1.18. The molecule has 2 aromatic carbocycles. The van der Waals surface area contributed by atoms with E-state index in [1.807, 2.05) is 60.9 Å². The molecule has 0 aliphatic carbocycles. The third-order valence-corrected chi connectivity index (χ3v) is 3.73. The second-order valence-corrected chi connectivity index (χ2v) is 5.03. The van der Waals surface area contributed by atoms with Crippen LogP contribution >= 0.6 is 11.8 Å². The van der Waals surface area contributed by atoms with Crippen molar-refractivity contribution in [3.05, 3.63) is 65.7 Å². The average Bonchev–Trinajstić information content (AvgIpc) is 2.47. The Hall–Kier alpha value is -1.29. The Balaban J connectivity index is 2.17. The van der Waals surface area contributed by atoms with Gasteiger partial charge in [-0.2, -0.15) is 0 Å². The highest BCUT2D eigenvalue weighted by Gasteiger charge is 2.18. The van der Waals surface area contributed by atoms with E-state index in [0.717, 1.165) is 11.1 Å². The maximum absolute atomic E-state index is 10.3. The van der Waals surface area contributed by atoms with Gasteiger partial charge in [0.15, 0.2) is 0 Å². The number of hydrogen-bond acceptors (Lipinski definition) is 3. The Morgan fingerprint density at radius 1 is 0.944 bits per heavy atom. The molecule has 0 saturated carbocycles. The predicted molar refractivity (Wildman–Crippen MR) is 76.6 cm³/mol. The molecule has 2 aromatic rings. The van der Waals surface area contributed by atoms with E-state index in [1.54, 1.807) is 11.8 Å². The summed E-state index contributed by atoms with van der Waals surface area (Å²) in [5.74, 6) is 0. The highest BCUT2D eigenvalue weighted by atomic mass is 32.2. The molecule has 0 saturated heterocycles.